The van der Waals surface area contributed by atoms with Crippen molar-refractivity contribution in [3.05, 3.63) is 23.8 Å². The highest BCUT2D eigenvalue weighted by molar-refractivity contribution is 5.07. The average molecular weight is 304 g/mol. The zero-order chi connectivity index (χ0) is 16.0. The van der Waals surface area contributed by atoms with Crippen molar-refractivity contribution in [3.8, 4) is 0 Å². The molecule has 9 heteroatoms. The van der Waals surface area contributed by atoms with Gasteiger partial charge in [0.2, 0.25) is 0 Å². The molecule has 0 aliphatic heterocycles. The van der Waals surface area contributed by atoms with Crippen LogP contribution in [0, 0.1) is 0 Å². The van der Waals surface area contributed by atoms with E-state index < -0.39 is 37.3 Å². The molecule has 7 N–H and O–H groups in total. The van der Waals surface area contributed by atoms with E-state index in [1.54, 1.807) is 0 Å². The van der Waals surface area contributed by atoms with Gasteiger partial charge >= 0.3 is 0 Å². The van der Waals surface area contributed by atoms with Crippen molar-refractivity contribution >= 4 is 0 Å². The fourth-order valence-corrected chi connectivity index (χ4v) is 1.63. The van der Waals surface area contributed by atoms with E-state index in [9.17, 15) is 15.3 Å². The highest BCUT2D eigenvalue weighted by Gasteiger charge is 2.22. The number of nitrogens with zero attached hydrogens (tertiary/aromatic N) is 2. The molecular weight excluding hydrogens is 284 g/mol. The first-order valence-corrected chi connectivity index (χ1v) is 6.36. The van der Waals surface area contributed by atoms with Gasteiger partial charge in [0.1, 0.15) is 6.10 Å². The molecule has 0 bridgehead atoms. The van der Waals surface area contributed by atoms with Gasteiger partial charge in [-0.3, -0.25) is 9.97 Å². The number of aromatic nitrogens is 2. The van der Waals surface area contributed by atoms with E-state index in [0.717, 1.165) is 0 Å². The van der Waals surface area contributed by atoms with Crippen LogP contribution in [0.5, 0.6) is 0 Å². The summed E-state index contributed by atoms with van der Waals surface area (Å²) in [5.41, 5.74) is 0.414. The third-order valence-electron chi connectivity index (χ3n) is 2.85. The predicted octanol–water partition coefficient (Wildman–Crippen LogP) is -2.82. The topological polar surface area (TPSA) is 167 Å². The summed E-state index contributed by atoms with van der Waals surface area (Å²) < 4.78 is 0. The molecule has 0 spiro atoms. The van der Waals surface area contributed by atoms with E-state index in [4.69, 9.17) is 20.4 Å². The van der Waals surface area contributed by atoms with Crippen molar-refractivity contribution in [2.24, 2.45) is 0 Å². The van der Waals surface area contributed by atoms with Gasteiger partial charge in [-0.1, -0.05) is 0 Å². The van der Waals surface area contributed by atoms with Crippen LogP contribution in [-0.2, 0) is 6.42 Å². The van der Waals surface area contributed by atoms with Crippen LogP contribution in [0.1, 0.15) is 30.3 Å². The molecule has 1 heterocycles. The highest BCUT2D eigenvalue weighted by atomic mass is 16.7. The summed E-state index contributed by atoms with van der Waals surface area (Å²) >= 11 is 0. The van der Waals surface area contributed by atoms with E-state index in [2.05, 4.69) is 9.97 Å². The molecular formula is C12H20N2O7. The maximum absolute atomic E-state index is 9.81. The maximum Gasteiger partial charge on any atom is 0.275 e. The second-order valence-corrected chi connectivity index (χ2v) is 4.79. The van der Waals surface area contributed by atoms with E-state index in [1.165, 1.54) is 12.4 Å². The molecule has 3 atom stereocenters. The molecule has 0 aliphatic carbocycles. The Morgan fingerprint density at radius 1 is 1.05 bits per heavy atom. The Bertz CT molecular complexity index is 438. The van der Waals surface area contributed by atoms with E-state index in [1.807, 2.05) is 0 Å². The summed E-state index contributed by atoms with van der Waals surface area (Å²) in [5, 5.41) is 63.6. The van der Waals surface area contributed by atoms with Crippen LogP contribution >= 0.6 is 0 Å². The summed E-state index contributed by atoms with van der Waals surface area (Å²) in [6.45, 7) is -0.595. The Balaban J connectivity index is 2.67. The molecule has 21 heavy (non-hydrogen) atoms. The second kappa shape index (κ2) is 7.71. The first-order valence-electron chi connectivity index (χ1n) is 6.36. The van der Waals surface area contributed by atoms with Crippen molar-refractivity contribution in [1.82, 2.24) is 9.97 Å². The van der Waals surface area contributed by atoms with Gasteiger partial charge in [0.05, 0.1) is 36.4 Å². The molecule has 0 saturated carbocycles. The van der Waals surface area contributed by atoms with Crippen LogP contribution in [-0.4, -0.2) is 70.5 Å². The number of hydrogen-bond donors (Lipinski definition) is 7. The van der Waals surface area contributed by atoms with Crippen LogP contribution in [0.3, 0.4) is 0 Å². The predicted molar refractivity (Wildman–Crippen MR) is 68.4 cm³/mol. The Morgan fingerprint density at radius 2 is 1.71 bits per heavy atom. The Morgan fingerprint density at radius 3 is 2.29 bits per heavy atom. The largest absolute Gasteiger partial charge is 0.394 e. The Hall–Kier alpha value is -1.20. The van der Waals surface area contributed by atoms with Crippen LogP contribution in [0.15, 0.2) is 12.4 Å². The van der Waals surface area contributed by atoms with Gasteiger partial charge in [0.15, 0.2) is 0 Å². The Labute approximate surface area is 120 Å². The van der Waals surface area contributed by atoms with Gasteiger partial charge in [0.25, 0.3) is 5.97 Å². The lowest BCUT2D eigenvalue weighted by molar-refractivity contribution is -0.316. The molecule has 120 valence electrons. The first-order chi connectivity index (χ1) is 9.73. The molecule has 0 radical (unpaired) electrons. The third kappa shape index (κ3) is 6.40. The highest BCUT2D eigenvalue weighted by Crippen LogP contribution is 2.19. The van der Waals surface area contributed by atoms with Gasteiger partial charge in [-0.15, -0.1) is 0 Å². The van der Waals surface area contributed by atoms with E-state index in [-0.39, 0.29) is 24.2 Å². The lowest BCUT2D eigenvalue weighted by atomic mass is 10.1. The van der Waals surface area contributed by atoms with E-state index in [0.29, 0.717) is 0 Å². The summed E-state index contributed by atoms with van der Waals surface area (Å²) in [7, 11) is 0. The summed E-state index contributed by atoms with van der Waals surface area (Å²) in [6.07, 6.45) is -1.83. The van der Waals surface area contributed by atoms with Crippen LogP contribution in [0.4, 0.5) is 0 Å². The van der Waals surface area contributed by atoms with E-state index >= 15 is 0 Å². The molecule has 1 rings (SSSR count). The first kappa shape index (κ1) is 17.9. The summed E-state index contributed by atoms with van der Waals surface area (Å²) in [5.74, 6) is -2.87. The normalized spacial score (nSPS) is 16.5. The van der Waals surface area contributed by atoms with Crippen molar-refractivity contribution in [2.75, 3.05) is 6.61 Å². The molecule has 1 aromatic heterocycles. The lowest BCUT2D eigenvalue weighted by Crippen LogP contribution is -2.31. The second-order valence-electron chi connectivity index (χ2n) is 4.79. The zero-order valence-corrected chi connectivity index (χ0v) is 11.2. The molecule has 0 fully saturated rings. The van der Waals surface area contributed by atoms with Crippen molar-refractivity contribution < 1.29 is 35.7 Å². The number of rotatable bonds is 8. The third-order valence-corrected chi connectivity index (χ3v) is 2.85. The molecule has 0 aliphatic rings. The van der Waals surface area contributed by atoms with Gasteiger partial charge in [-0.25, -0.2) is 0 Å². The zero-order valence-electron chi connectivity index (χ0n) is 11.2. The van der Waals surface area contributed by atoms with Crippen molar-refractivity contribution in [3.63, 3.8) is 0 Å². The lowest BCUT2D eigenvalue weighted by Gasteiger charge is -2.17. The van der Waals surface area contributed by atoms with Crippen molar-refractivity contribution in [1.29, 1.82) is 0 Å². The fourth-order valence-electron chi connectivity index (χ4n) is 1.63. The number of aliphatic hydroxyl groups excluding tert-OH is 4. The SMILES string of the molecule is OCC(O)C(O)Cc1cncc(C(O)CCC(O)(O)O)n1. The quantitative estimate of drug-likeness (QED) is 0.250. The number of aliphatic hydroxyl groups is 7. The fraction of sp³-hybridized carbons (Fsp3) is 0.667. The van der Waals surface area contributed by atoms with Gasteiger partial charge in [0, 0.05) is 19.0 Å². The molecule has 0 aromatic carbocycles. The minimum Gasteiger partial charge on any atom is -0.394 e. The monoisotopic (exact) mass is 304 g/mol. The minimum atomic E-state index is -2.87. The molecule has 3 unspecified atom stereocenters. The molecule has 1 aromatic rings. The number of hydrogen-bond acceptors (Lipinski definition) is 9. The van der Waals surface area contributed by atoms with Crippen LogP contribution in [0.25, 0.3) is 0 Å². The molecule has 0 amide bonds. The van der Waals surface area contributed by atoms with Crippen LogP contribution < -0.4 is 0 Å². The summed E-state index contributed by atoms with van der Waals surface area (Å²) in [6, 6.07) is 0. The smallest absolute Gasteiger partial charge is 0.275 e. The minimum absolute atomic E-state index is 0.0702. The summed E-state index contributed by atoms with van der Waals surface area (Å²) in [4.78, 5) is 7.84. The Kier molecular flexibility index (Phi) is 6.55. The van der Waals surface area contributed by atoms with Crippen molar-refractivity contribution in [2.45, 2.75) is 43.5 Å². The maximum atomic E-state index is 9.81. The standard InChI is InChI=1S/C12H20N2O7/c15-6-11(18)10(17)3-7-4-13-5-8(14-7)9(16)1-2-12(19,20)21/h4-5,9-11,15-21H,1-3,6H2. The average Bonchev–Trinajstić information content (AvgIpc) is 2.43. The van der Waals surface area contributed by atoms with Gasteiger partial charge < -0.3 is 35.7 Å². The van der Waals surface area contributed by atoms with Crippen LogP contribution in [0.2, 0.25) is 0 Å². The van der Waals surface area contributed by atoms with Gasteiger partial charge in [-0.05, 0) is 6.42 Å². The molecule has 0 saturated heterocycles. The van der Waals surface area contributed by atoms with Gasteiger partial charge in [-0.2, -0.15) is 0 Å². The molecule has 9 nitrogen and oxygen atoms in total.